The van der Waals surface area contributed by atoms with Crippen molar-refractivity contribution in [3.8, 4) is 11.5 Å². The van der Waals surface area contributed by atoms with E-state index in [4.69, 9.17) is 14.2 Å². The van der Waals surface area contributed by atoms with Crippen LogP contribution < -0.4 is 9.47 Å². The molecule has 0 aliphatic rings. The van der Waals surface area contributed by atoms with Gasteiger partial charge in [-0.1, -0.05) is 19.1 Å². The summed E-state index contributed by atoms with van der Waals surface area (Å²) in [5, 5.41) is 0. The number of esters is 1. The minimum Gasteiger partial charge on any atom is -0.493 e. The lowest BCUT2D eigenvalue weighted by Gasteiger charge is -2.22. The van der Waals surface area contributed by atoms with Crippen LogP contribution in [0, 0.1) is 0 Å². The van der Waals surface area contributed by atoms with Crippen molar-refractivity contribution in [1.82, 2.24) is 4.90 Å². The van der Waals surface area contributed by atoms with E-state index >= 15 is 0 Å². The molecule has 0 unspecified atom stereocenters. The SMILES string of the molecule is CCCN(CCC(=O)OCC)C(=O)COc1ccccc1OC. The third-order valence-corrected chi connectivity index (χ3v) is 3.16. The van der Waals surface area contributed by atoms with Crippen LogP contribution in [0.2, 0.25) is 0 Å². The smallest absolute Gasteiger partial charge is 0.307 e. The highest BCUT2D eigenvalue weighted by Crippen LogP contribution is 2.25. The molecule has 1 rings (SSSR count). The van der Waals surface area contributed by atoms with E-state index < -0.39 is 0 Å². The van der Waals surface area contributed by atoms with Crippen LogP contribution >= 0.6 is 0 Å². The number of amides is 1. The number of hydrogen-bond acceptors (Lipinski definition) is 5. The Labute approximate surface area is 137 Å². The third kappa shape index (κ3) is 6.59. The lowest BCUT2D eigenvalue weighted by molar-refractivity contribution is -0.144. The summed E-state index contributed by atoms with van der Waals surface area (Å²) in [6, 6.07) is 7.16. The predicted molar refractivity (Wildman–Crippen MR) is 86.6 cm³/mol. The Morgan fingerprint density at radius 1 is 1.09 bits per heavy atom. The van der Waals surface area contributed by atoms with Crippen LogP contribution in [0.25, 0.3) is 0 Å². The van der Waals surface area contributed by atoms with E-state index in [1.54, 1.807) is 31.1 Å². The van der Waals surface area contributed by atoms with Crippen molar-refractivity contribution in [3.63, 3.8) is 0 Å². The molecule has 0 saturated heterocycles. The van der Waals surface area contributed by atoms with Crippen LogP contribution in [-0.4, -0.2) is 50.2 Å². The lowest BCUT2D eigenvalue weighted by Crippen LogP contribution is -2.37. The Bertz CT molecular complexity index is 504. The van der Waals surface area contributed by atoms with E-state index in [1.165, 1.54) is 0 Å². The van der Waals surface area contributed by atoms with E-state index in [0.717, 1.165) is 6.42 Å². The van der Waals surface area contributed by atoms with Crippen LogP contribution in [0.4, 0.5) is 0 Å². The number of rotatable bonds is 10. The van der Waals surface area contributed by atoms with Gasteiger partial charge in [0.15, 0.2) is 18.1 Å². The first kappa shape index (κ1) is 18.8. The molecule has 0 aliphatic heterocycles. The molecule has 1 aromatic rings. The van der Waals surface area contributed by atoms with Crippen LogP contribution in [0.3, 0.4) is 0 Å². The molecule has 1 amide bonds. The monoisotopic (exact) mass is 323 g/mol. The van der Waals surface area contributed by atoms with Crippen molar-refractivity contribution < 1.29 is 23.8 Å². The standard InChI is InChI=1S/C17H25NO5/c1-4-11-18(12-10-17(20)22-5-2)16(19)13-23-15-9-7-6-8-14(15)21-3/h6-9H,4-5,10-13H2,1-3H3. The van der Waals surface area contributed by atoms with Crippen molar-refractivity contribution in [2.75, 3.05) is 33.4 Å². The highest BCUT2D eigenvalue weighted by molar-refractivity contribution is 5.78. The first-order chi connectivity index (χ1) is 11.1. The van der Waals surface area contributed by atoms with Gasteiger partial charge < -0.3 is 19.1 Å². The Balaban J connectivity index is 2.55. The van der Waals surface area contributed by atoms with Gasteiger partial charge in [-0.25, -0.2) is 0 Å². The molecule has 1 aromatic carbocycles. The summed E-state index contributed by atoms with van der Waals surface area (Å²) in [6.45, 7) is 4.90. The molecule has 6 nitrogen and oxygen atoms in total. The highest BCUT2D eigenvalue weighted by atomic mass is 16.5. The second-order valence-corrected chi connectivity index (χ2v) is 4.88. The van der Waals surface area contributed by atoms with Crippen LogP contribution in [-0.2, 0) is 14.3 Å². The van der Waals surface area contributed by atoms with Gasteiger partial charge in [0.1, 0.15) is 0 Å². The van der Waals surface area contributed by atoms with Crippen LogP contribution in [0.1, 0.15) is 26.7 Å². The van der Waals surface area contributed by atoms with Gasteiger partial charge in [0, 0.05) is 13.1 Å². The number of carbonyl (C=O) groups is 2. The fourth-order valence-electron chi connectivity index (χ4n) is 2.06. The molecule has 0 aliphatic carbocycles. The van der Waals surface area contributed by atoms with Crippen LogP contribution in [0.5, 0.6) is 11.5 Å². The molecule has 0 aromatic heterocycles. The number of nitrogens with zero attached hydrogens (tertiary/aromatic N) is 1. The van der Waals surface area contributed by atoms with E-state index in [2.05, 4.69) is 0 Å². The van der Waals surface area contributed by atoms with E-state index in [0.29, 0.717) is 31.2 Å². The maximum atomic E-state index is 12.3. The maximum Gasteiger partial charge on any atom is 0.307 e. The number of benzene rings is 1. The minimum absolute atomic E-state index is 0.0940. The number of methoxy groups -OCH3 is 1. The van der Waals surface area contributed by atoms with E-state index in [9.17, 15) is 9.59 Å². The quantitative estimate of drug-likeness (QED) is 0.618. The molecule has 0 radical (unpaired) electrons. The largest absolute Gasteiger partial charge is 0.493 e. The third-order valence-electron chi connectivity index (χ3n) is 3.16. The molecular formula is C17H25NO5. The molecular weight excluding hydrogens is 298 g/mol. The average molecular weight is 323 g/mol. The zero-order chi connectivity index (χ0) is 17.1. The first-order valence-electron chi connectivity index (χ1n) is 7.81. The molecule has 128 valence electrons. The zero-order valence-electron chi connectivity index (χ0n) is 14.0. The zero-order valence-corrected chi connectivity index (χ0v) is 14.0. The summed E-state index contributed by atoms with van der Waals surface area (Å²) in [5.41, 5.74) is 0. The molecule has 6 heteroatoms. The topological polar surface area (TPSA) is 65.1 Å². The molecule has 0 heterocycles. The van der Waals surface area contributed by atoms with E-state index in [-0.39, 0.29) is 24.9 Å². The molecule has 0 saturated carbocycles. The normalized spacial score (nSPS) is 10.0. The Kier molecular flexibility index (Phi) is 8.57. The summed E-state index contributed by atoms with van der Waals surface area (Å²) in [4.78, 5) is 25.3. The Hall–Kier alpha value is -2.24. The van der Waals surface area contributed by atoms with E-state index in [1.807, 2.05) is 19.1 Å². The molecule has 0 spiro atoms. The van der Waals surface area contributed by atoms with Crippen molar-refractivity contribution in [2.24, 2.45) is 0 Å². The van der Waals surface area contributed by atoms with Crippen LogP contribution in [0.15, 0.2) is 24.3 Å². The molecule has 0 bridgehead atoms. The summed E-state index contributed by atoms with van der Waals surface area (Å²) >= 11 is 0. The van der Waals surface area contributed by atoms with Crippen molar-refractivity contribution in [2.45, 2.75) is 26.7 Å². The van der Waals surface area contributed by atoms with Gasteiger partial charge in [-0.3, -0.25) is 9.59 Å². The van der Waals surface area contributed by atoms with Gasteiger partial charge in [0.2, 0.25) is 0 Å². The lowest BCUT2D eigenvalue weighted by atomic mass is 10.3. The molecule has 23 heavy (non-hydrogen) atoms. The Morgan fingerprint density at radius 2 is 1.78 bits per heavy atom. The first-order valence-corrected chi connectivity index (χ1v) is 7.81. The Morgan fingerprint density at radius 3 is 2.39 bits per heavy atom. The van der Waals surface area contributed by atoms with Crippen molar-refractivity contribution in [1.29, 1.82) is 0 Å². The van der Waals surface area contributed by atoms with Gasteiger partial charge in [0.05, 0.1) is 20.1 Å². The molecule has 0 fully saturated rings. The summed E-state index contributed by atoms with van der Waals surface area (Å²) in [7, 11) is 1.55. The predicted octanol–water partition coefficient (Wildman–Crippen LogP) is 2.27. The highest BCUT2D eigenvalue weighted by Gasteiger charge is 2.16. The number of hydrogen-bond donors (Lipinski definition) is 0. The fraction of sp³-hybridized carbons (Fsp3) is 0.529. The van der Waals surface area contributed by atoms with Gasteiger partial charge in [-0.15, -0.1) is 0 Å². The number of carbonyl (C=O) groups excluding carboxylic acids is 2. The summed E-state index contributed by atoms with van der Waals surface area (Å²) in [6.07, 6.45) is 0.997. The van der Waals surface area contributed by atoms with Gasteiger partial charge in [-0.05, 0) is 25.5 Å². The van der Waals surface area contributed by atoms with Crippen molar-refractivity contribution >= 4 is 11.9 Å². The molecule has 0 atom stereocenters. The summed E-state index contributed by atoms with van der Waals surface area (Å²) < 4.78 is 15.6. The number of para-hydroxylation sites is 2. The summed E-state index contributed by atoms with van der Waals surface area (Å²) in [5.74, 6) is 0.633. The maximum absolute atomic E-state index is 12.3. The van der Waals surface area contributed by atoms with Gasteiger partial charge in [-0.2, -0.15) is 0 Å². The average Bonchev–Trinajstić information content (AvgIpc) is 2.56. The van der Waals surface area contributed by atoms with Gasteiger partial charge in [0.25, 0.3) is 5.91 Å². The molecule has 0 N–H and O–H groups in total. The second kappa shape index (κ2) is 10.5. The second-order valence-electron chi connectivity index (χ2n) is 4.88. The number of ether oxygens (including phenoxy) is 3. The fourth-order valence-corrected chi connectivity index (χ4v) is 2.06. The minimum atomic E-state index is -0.299. The van der Waals surface area contributed by atoms with Gasteiger partial charge >= 0.3 is 5.97 Å². The van der Waals surface area contributed by atoms with Crippen molar-refractivity contribution in [3.05, 3.63) is 24.3 Å².